The Morgan fingerprint density at radius 1 is 1.20 bits per heavy atom. The molecule has 1 aromatic carbocycles. The highest BCUT2D eigenvalue weighted by Gasteiger charge is 2.20. The molecule has 2 N–H and O–H groups in total. The van der Waals surface area contributed by atoms with Gasteiger partial charge in [-0.05, 0) is 42.8 Å². The predicted octanol–water partition coefficient (Wildman–Crippen LogP) is 4.01. The number of anilines is 1. The molecule has 0 amide bonds. The van der Waals surface area contributed by atoms with E-state index in [2.05, 4.69) is 69.2 Å². The SMILES string of the molecule is CN=C(NCc1ccc(C)cc1)NC1CCN(c2cccs2)CC1.I. The number of rotatable bonds is 4. The Bertz CT molecular complexity index is 647. The van der Waals surface area contributed by atoms with Gasteiger partial charge in [0.25, 0.3) is 0 Å². The quantitative estimate of drug-likeness (QED) is 0.403. The molecule has 1 aliphatic rings. The second kappa shape index (κ2) is 10.0. The van der Waals surface area contributed by atoms with Crippen LogP contribution in [0.4, 0.5) is 5.00 Å². The van der Waals surface area contributed by atoms with E-state index in [0.29, 0.717) is 6.04 Å². The van der Waals surface area contributed by atoms with Gasteiger partial charge in [0, 0.05) is 32.7 Å². The van der Waals surface area contributed by atoms with Gasteiger partial charge in [-0.3, -0.25) is 4.99 Å². The van der Waals surface area contributed by atoms with E-state index in [-0.39, 0.29) is 24.0 Å². The molecule has 136 valence electrons. The summed E-state index contributed by atoms with van der Waals surface area (Å²) in [5.41, 5.74) is 2.56. The van der Waals surface area contributed by atoms with E-state index in [9.17, 15) is 0 Å². The van der Waals surface area contributed by atoms with Crippen LogP contribution in [0, 0.1) is 6.92 Å². The fraction of sp³-hybridized carbons (Fsp3) is 0.421. The summed E-state index contributed by atoms with van der Waals surface area (Å²) in [7, 11) is 1.84. The van der Waals surface area contributed by atoms with E-state index >= 15 is 0 Å². The molecule has 1 fully saturated rings. The zero-order valence-corrected chi connectivity index (χ0v) is 18.0. The van der Waals surface area contributed by atoms with Gasteiger partial charge < -0.3 is 15.5 Å². The number of hydrogen-bond acceptors (Lipinski definition) is 3. The fourth-order valence-electron chi connectivity index (χ4n) is 2.97. The average molecular weight is 470 g/mol. The summed E-state index contributed by atoms with van der Waals surface area (Å²) in [6.45, 7) is 5.12. The Hall–Kier alpha value is -1.28. The molecule has 0 unspecified atom stereocenters. The van der Waals surface area contributed by atoms with Crippen LogP contribution in [0.25, 0.3) is 0 Å². The van der Waals surface area contributed by atoms with Gasteiger partial charge in [-0.15, -0.1) is 35.3 Å². The van der Waals surface area contributed by atoms with Gasteiger partial charge in [-0.1, -0.05) is 29.8 Å². The molecule has 25 heavy (non-hydrogen) atoms. The third-order valence-corrected chi connectivity index (χ3v) is 5.39. The summed E-state index contributed by atoms with van der Waals surface area (Å²) in [6.07, 6.45) is 2.28. The number of piperidine rings is 1. The highest BCUT2D eigenvalue weighted by atomic mass is 127. The summed E-state index contributed by atoms with van der Waals surface area (Å²) in [4.78, 5) is 6.84. The highest BCUT2D eigenvalue weighted by Crippen LogP contribution is 2.24. The van der Waals surface area contributed by atoms with Crippen molar-refractivity contribution in [3.8, 4) is 0 Å². The third-order valence-electron chi connectivity index (χ3n) is 4.46. The molecule has 0 atom stereocenters. The lowest BCUT2D eigenvalue weighted by molar-refractivity contribution is 0.463. The van der Waals surface area contributed by atoms with Crippen molar-refractivity contribution in [2.75, 3.05) is 25.0 Å². The maximum Gasteiger partial charge on any atom is 0.191 e. The first-order chi connectivity index (χ1) is 11.7. The minimum Gasteiger partial charge on any atom is -0.363 e. The monoisotopic (exact) mass is 470 g/mol. The minimum absolute atomic E-state index is 0. The molecule has 6 heteroatoms. The van der Waals surface area contributed by atoms with Crippen LogP contribution < -0.4 is 15.5 Å². The lowest BCUT2D eigenvalue weighted by Gasteiger charge is -2.33. The summed E-state index contributed by atoms with van der Waals surface area (Å²) in [6, 6.07) is 13.4. The molecule has 2 aromatic rings. The lowest BCUT2D eigenvalue weighted by Crippen LogP contribution is -2.48. The van der Waals surface area contributed by atoms with Crippen LogP contribution >= 0.6 is 35.3 Å². The van der Waals surface area contributed by atoms with Crippen LogP contribution in [0.15, 0.2) is 46.8 Å². The second-order valence-electron chi connectivity index (χ2n) is 6.27. The number of aliphatic imine (C=N–C) groups is 1. The van der Waals surface area contributed by atoms with E-state index in [4.69, 9.17) is 0 Å². The molecule has 3 rings (SSSR count). The number of halogens is 1. The van der Waals surface area contributed by atoms with Gasteiger partial charge in [-0.2, -0.15) is 0 Å². The Morgan fingerprint density at radius 3 is 2.52 bits per heavy atom. The van der Waals surface area contributed by atoms with Crippen LogP contribution in [0.2, 0.25) is 0 Å². The van der Waals surface area contributed by atoms with E-state index in [0.717, 1.165) is 38.4 Å². The predicted molar refractivity (Wildman–Crippen MR) is 119 cm³/mol. The zero-order valence-electron chi connectivity index (χ0n) is 14.9. The van der Waals surface area contributed by atoms with Crippen molar-refractivity contribution < 1.29 is 0 Å². The molecule has 2 heterocycles. The first-order valence-corrected chi connectivity index (χ1v) is 9.44. The smallest absolute Gasteiger partial charge is 0.191 e. The Labute approximate surface area is 171 Å². The molecule has 1 aromatic heterocycles. The summed E-state index contributed by atoms with van der Waals surface area (Å²) < 4.78 is 0. The zero-order chi connectivity index (χ0) is 16.8. The number of hydrogen-bond donors (Lipinski definition) is 2. The van der Waals surface area contributed by atoms with Crippen LogP contribution in [0.1, 0.15) is 24.0 Å². The molecule has 0 aliphatic carbocycles. The number of aryl methyl sites for hydroxylation is 1. The average Bonchev–Trinajstić information content (AvgIpc) is 3.15. The highest BCUT2D eigenvalue weighted by molar-refractivity contribution is 14.0. The number of benzene rings is 1. The Kier molecular flexibility index (Phi) is 8.02. The topological polar surface area (TPSA) is 39.7 Å². The number of thiophene rings is 1. The van der Waals surface area contributed by atoms with Crippen molar-refractivity contribution in [3.63, 3.8) is 0 Å². The molecular weight excluding hydrogens is 443 g/mol. The van der Waals surface area contributed by atoms with Crippen LogP contribution in [-0.4, -0.2) is 32.1 Å². The van der Waals surface area contributed by atoms with Crippen LogP contribution in [-0.2, 0) is 6.54 Å². The van der Waals surface area contributed by atoms with Gasteiger partial charge in [0.2, 0.25) is 0 Å². The third kappa shape index (κ3) is 5.88. The maximum absolute atomic E-state index is 4.37. The molecule has 0 radical (unpaired) electrons. The number of guanidine groups is 1. The molecule has 4 nitrogen and oxygen atoms in total. The molecular formula is C19H27IN4S. The van der Waals surface area contributed by atoms with Gasteiger partial charge in [0.1, 0.15) is 0 Å². The largest absolute Gasteiger partial charge is 0.363 e. The van der Waals surface area contributed by atoms with E-state index in [1.807, 2.05) is 18.4 Å². The van der Waals surface area contributed by atoms with Gasteiger partial charge in [0.15, 0.2) is 5.96 Å². The van der Waals surface area contributed by atoms with E-state index in [1.165, 1.54) is 16.1 Å². The van der Waals surface area contributed by atoms with Crippen molar-refractivity contribution in [2.45, 2.75) is 32.4 Å². The first-order valence-electron chi connectivity index (χ1n) is 8.56. The second-order valence-corrected chi connectivity index (χ2v) is 7.19. The van der Waals surface area contributed by atoms with Crippen molar-refractivity contribution in [1.82, 2.24) is 10.6 Å². The van der Waals surface area contributed by atoms with Gasteiger partial charge >= 0.3 is 0 Å². The first kappa shape index (κ1) is 20.0. The fourth-order valence-corrected chi connectivity index (χ4v) is 3.76. The number of nitrogens with zero attached hydrogens (tertiary/aromatic N) is 2. The van der Waals surface area contributed by atoms with Crippen molar-refractivity contribution in [2.24, 2.45) is 4.99 Å². The number of nitrogens with one attached hydrogen (secondary N) is 2. The van der Waals surface area contributed by atoms with Gasteiger partial charge in [0.05, 0.1) is 5.00 Å². The molecule has 0 bridgehead atoms. The van der Waals surface area contributed by atoms with Crippen molar-refractivity contribution in [3.05, 3.63) is 52.9 Å². The Balaban J connectivity index is 0.00000225. The summed E-state index contributed by atoms with van der Waals surface area (Å²) >= 11 is 1.83. The van der Waals surface area contributed by atoms with Gasteiger partial charge in [-0.25, -0.2) is 0 Å². The molecule has 1 saturated heterocycles. The summed E-state index contributed by atoms with van der Waals surface area (Å²) in [5.74, 6) is 0.894. The van der Waals surface area contributed by atoms with E-state index in [1.54, 1.807) is 0 Å². The molecule has 0 spiro atoms. The summed E-state index contributed by atoms with van der Waals surface area (Å²) in [5, 5.41) is 10.5. The van der Waals surface area contributed by atoms with Crippen molar-refractivity contribution >= 4 is 46.3 Å². The Morgan fingerprint density at radius 2 is 1.92 bits per heavy atom. The lowest BCUT2D eigenvalue weighted by atomic mass is 10.1. The van der Waals surface area contributed by atoms with Crippen LogP contribution in [0.3, 0.4) is 0 Å². The minimum atomic E-state index is 0. The standard InChI is InChI=1S/C19H26N4S.HI/c1-15-5-7-16(8-6-15)14-21-19(20-2)22-17-9-11-23(12-10-17)18-4-3-13-24-18;/h3-8,13,17H,9-12,14H2,1-2H3,(H2,20,21,22);1H. The van der Waals surface area contributed by atoms with E-state index < -0.39 is 0 Å². The molecule has 0 saturated carbocycles. The van der Waals surface area contributed by atoms with Crippen molar-refractivity contribution in [1.29, 1.82) is 0 Å². The maximum atomic E-state index is 4.37. The van der Waals surface area contributed by atoms with Crippen LogP contribution in [0.5, 0.6) is 0 Å². The molecule has 1 aliphatic heterocycles. The normalized spacial score (nSPS) is 15.6.